The fourth-order valence-corrected chi connectivity index (χ4v) is 2.67. The molecule has 1 unspecified atom stereocenters. The summed E-state index contributed by atoms with van der Waals surface area (Å²) in [6.07, 6.45) is -0.873. The van der Waals surface area contributed by atoms with Crippen molar-refractivity contribution in [1.29, 1.82) is 0 Å². The predicted molar refractivity (Wildman–Crippen MR) is 103 cm³/mol. The number of hydrogen-bond acceptors (Lipinski definition) is 4. The Morgan fingerprint density at radius 3 is 2.36 bits per heavy atom. The van der Waals surface area contributed by atoms with Crippen LogP contribution in [-0.2, 0) is 0 Å². The highest BCUT2D eigenvalue weighted by molar-refractivity contribution is 6.30. The molecule has 136 valence electrons. The average Bonchev–Trinajstić information content (AvgIpc) is 2.58. The zero-order valence-corrected chi connectivity index (χ0v) is 16.1. The first-order valence-electron chi connectivity index (χ1n) is 8.18. The third-order valence-corrected chi connectivity index (χ3v) is 4.09. The summed E-state index contributed by atoms with van der Waals surface area (Å²) < 4.78 is 10.6. The lowest BCUT2D eigenvalue weighted by Crippen LogP contribution is -2.20. The third kappa shape index (κ3) is 5.03. The van der Waals surface area contributed by atoms with Gasteiger partial charge in [-0.05, 0) is 35.7 Å². The lowest BCUT2D eigenvalue weighted by Gasteiger charge is -2.23. The van der Waals surface area contributed by atoms with Crippen molar-refractivity contribution < 1.29 is 14.6 Å². The van der Waals surface area contributed by atoms with Gasteiger partial charge in [0.1, 0.15) is 17.6 Å². The molecule has 0 amide bonds. The lowest BCUT2D eigenvalue weighted by atomic mass is 9.95. The van der Waals surface area contributed by atoms with Crippen LogP contribution in [0.1, 0.15) is 38.0 Å². The molecule has 25 heavy (non-hydrogen) atoms. The summed E-state index contributed by atoms with van der Waals surface area (Å²) in [5, 5.41) is 15.0. The number of benzene rings is 2. The molecule has 0 aliphatic rings. The Balaban J connectivity index is 2.41. The topological polar surface area (TPSA) is 50.7 Å². The molecule has 1 atom stereocenters. The van der Waals surface area contributed by atoms with Gasteiger partial charge in [0.05, 0.1) is 14.2 Å². The molecule has 0 saturated carbocycles. The highest BCUT2D eigenvalue weighted by Crippen LogP contribution is 2.37. The summed E-state index contributed by atoms with van der Waals surface area (Å²) >= 11 is 6.17. The molecule has 2 N–H and O–H groups in total. The van der Waals surface area contributed by atoms with Gasteiger partial charge in [-0.1, -0.05) is 32.4 Å². The summed E-state index contributed by atoms with van der Waals surface area (Å²) in [7, 11) is 3.16. The first-order valence-corrected chi connectivity index (χ1v) is 8.56. The van der Waals surface area contributed by atoms with Crippen LogP contribution in [0.5, 0.6) is 11.5 Å². The third-order valence-electron chi connectivity index (χ3n) is 3.85. The molecule has 4 nitrogen and oxygen atoms in total. The van der Waals surface area contributed by atoms with E-state index in [1.807, 2.05) is 12.1 Å². The van der Waals surface area contributed by atoms with Gasteiger partial charge in [-0.3, -0.25) is 0 Å². The second-order valence-corrected chi connectivity index (χ2v) is 7.59. The summed E-state index contributed by atoms with van der Waals surface area (Å²) in [6, 6.07) is 10.8. The molecule has 2 aromatic rings. The van der Waals surface area contributed by atoms with Gasteiger partial charge >= 0.3 is 0 Å². The van der Waals surface area contributed by atoms with Crippen LogP contribution in [-0.4, -0.2) is 25.9 Å². The Morgan fingerprint density at radius 1 is 1.04 bits per heavy atom. The Bertz CT molecular complexity index is 725. The van der Waals surface area contributed by atoms with Crippen molar-refractivity contribution in [2.24, 2.45) is 5.41 Å². The highest BCUT2D eigenvalue weighted by Gasteiger charge is 2.20. The van der Waals surface area contributed by atoms with Crippen LogP contribution in [0.3, 0.4) is 0 Å². The van der Waals surface area contributed by atoms with Crippen molar-refractivity contribution in [1.82, 2.24) is 0 Å². The molecule has 0 aliphatic heterocycles. The van der Waals surface area contributed by atoms with Gasteiger partial charge in [0.15, 0.2) is 0 Å². The maximum Gasteiger partial charge on any atom is 0.128 e. The maximum absolute atomic E-state index is 11.0. The van der Waals surface area contributed by atoms with Gasteiger partial charge in [-0.25, -0.2) is 0 Å². The number of hydrogen-bond donors (Lipinski definition) is 2. The Hall–Kier alpha value is -1.91. The minimum absolute atomic E-state index is 0.111. The predicted octanol–water partition coefficient (Wildman–Crippen LogP) is 4.90. The van der Waals surface area contributed by atoms with Gasteiger partial charge < -0.3 is 19.9 Å². The van der Waals surface area contributed by atoms with Crippen LogP contribution in [0.2, 0.25) is 5.02 Å². The van der Waals surface area contributed by atoms with Crippen molar-refractivity contribution in [3.05, 3.63) is 52.5 Å². The van der Waals surface area contributed by atoms with Gasteiger partial charge in [0, 0.05) is 34.4 Å². The summed E-state index contributed by atoms with van der Waals surface area (Å²) in [5.41, 5.74) is 2.33. The molecule has 0 radical (unpaired) electrons. The molecular formula is C20H26ClNO3. The number of anilines is 1. The van der Waals surface area contributed by atoms with Crippen molar-refractivity contribution in [2.45, 2.75) is 26.9 Å². The number of halogens is 1. The molecule has 0 spiro atoms. The van der Waals surface area contributed by atoms with E-state index < -0.39 is 6.10 Å². The highest BCUT2D eigenvalue weighted by atomic mass is 35.5. The van der Waals surface area contributed by atoms with Crippen LogP contribution in [0.15, 0.2) is 36.4 Å². The normalized spacial score (nSPS) is 12.6. The molecule has 0 saturated heterocycles. The summed E-state index contributed by atoms with van der Waals surface area (Å²) in [4.78, 5) is 0. The quantitative estimate of drug-likeness (QED) is 0.766. The Morgan fingerprint density at radius 2 is 1.76 bits per heavy atom. The van der Waals surface area contributed by atoms with E-state index in [-0.39, 0.29) is 5.41 Å². The van der Waals surface area contributed by atoms with E-state index in [1.54, 1.807) is 38.5 Å². The first kappa shape index (κ1) is 19.4. The van der Waals surface area contributed by atoms with E-state index in [0.29, 0.717) is 27.6 Å². The van der Waals surface area contributed by atoms with Crippen molar-refractivity contribution in [3.8, 4) is 11.5 Å². The zero-order valence-electron chi connectivity index (χ0n) is 15.4. The van der Waals surface area contributed by atoms with E-state index in [9.17, 15) is 5.11 Å². The largest absolute Gasteiger partial charge is 0.497 e. The van der Waals surface area contributed by atoms with Gasteiger partial charge in [0.25, 0.3) is 0 Å². The first-order chi connectivity index (χ1) is 11.7. The number of rotatable bonds is 6. The second kappa shape index (κ2) is 7.98. The number of methoxy groups -OCH3 is 2. The number of ether oxygens (including phenoxy) is 2. The molecule has 0 aliphatic carbocycles. The van der Waals surface area contributed by atoms with Crippen LogP contribution in [0.25, 0.3) is 0 Å². The second-order valence-electron chi connectivity index (χ2n) is 7.16. The van der Waals surface area contributed by atoms with Crippen LogP contribution in [0, 0.1) is 5.41 Å². The Kier molecular flexibility index (Phi) is 6.20. The number of aliphatic hydroxyl groups excluding tert-OH is 1. The van der Waals surface area contributed by atoms with Crippen molar-refractivity contribution in [2.75, 3.05) is 26.1 Å². The van der Waals surface area contributed by atoms with Crippen LogP contribution >= 0.6 is 11.6 Å². The zero-order chi connectivity index (χ0) is 18.6. The van der Waals surface area contributed by atoms with E-state index in [4.69, 9.17) is 21.1 Å². The van der Waals surface area contributed by atoms with Crippen LogP contribution < -0.4 is 14.8 Å². The van der Waals surface area contributed by atoms with E-state index in [1.165, 1.54) is 0 Å². The Labute approximate surface area is 154 Å². The van der Waals surface area contributed by atoms with Gasteiger partial charge in [-0.15, -0.1) is 0 Å². The van der Waals surface area contributed by atoms with Crippen molar-refractivity contribution >= 4 is 17.3 Å². The minimum Gasteiger partial charge on any atom is -0.497 e. The molecular weight excluding hydrogens is 338 g/mol. The molecule has 0 heterocycles. The van der Waals surface area contributed by atoms with Crippen LogP contribution in [0.4, 0.5) is 5.69 Å². The van der Waals surface area contributed by atoms with E-state index in [0.717, 1.165) is 12.2 Å². The fourth-order valence-electron chi connectivity index (χ4n) is 2.49. The fraction of sp³-hybridized carbons (Fsp3) is 0.400. The lowest BCUT2D eigenvalue weighted by molar-refractivity contribution is 0.215. The monoisotopic (exact) mass is 363 g/mol. The van der Waals surface area contributed by atoms with Crippen molar-refractivity contribution in [3.63, 3.8) is 0 Å². The molecule has 0 bridgehead atoms. The number of nitrogens with one attached hydrogen (secondary N) is 1. The van der Waals surface area contributed by atoms with E-state index in [2.05, 4.69) is 26.1 Å². The SMILES string of the molecule is COc1ccc(C(O)c2cc(Cl)ccc2NCC(C)(C)C)c(OC)c1. The van der Waals surface area contributed by atoms with E-state index >= 15 is 0 Å². The molecule has 0 aromatic heterocycles. The maximum atomic E-state index is 11.0. The minimum atomic E-state index is -0.873. The summed E-state index contributed by atoms with van der Waals surface area (Å²) in [6.45, 7) is 7.23. The molecule has 0 fully saturated rings. The van der Waals surface area contributed by atoms with Gasteiger partial charge in [-0.2, -0.15) is 0 Å². The average molecular weight is 364 g/mol. The molecule has 5 heteroatoms. The summed E-state index contributed by atoms with van der Waals surface area (Å²) in [5.74, 6) is 1.23. The molecule has 2 rings (SSSR count). The number of aliphatic hydroxyl groups is 1. The standard InChI is InChI=1S/C20H26ClNO3/c1-20(2,3)12-22-17-9-6-13(21)10-16(17)19(23)15-8-7-14(24-4)11-18(15)25-5/h6-11,19,22-23H,12H2,1-5H3. The molecule has 2 aromatic carbocycles. The smallest absolute Gasteiger partial charge is 0.128 e. The van der Waals surface area contributed by atoms with Gasteiger partial charge in [0.2, 0.25) is 0 Å².